The van der Waals surface area contributed by atoms with E-state index in [1.807, 2.05) is 11.0 Å². The van der Waals surface area contributed by atoms with E-state index in [2.05, 4.69) is 18.3 Å². The van der Waals surface area contributed by atoms with Crippen molar-refractivity contribution in [2.75, 3.05) is 18.5 Å². The summed E-state index contributed by atoms with van der Waals surface area (Å²) in [5.74, 6) is 0.569. The van der Waals surface area contributed by atoms with Gasteiger partial charge in [-0.05, 0) is 30.7 Å². The summed E-state index contributed by atoms with van der Waals surface area (Å²) in [5.41, 5.74) is 0.723. The molecule has 0 unspecified atom stereocenters. The molecule has 0 aliphatic carbocycles. The summed E-state index contributed by atoms with van der Waals surface area (Å²) in [4.78, 5) is 25.2. The van der Waals surface area contributed by atoms with E-state index < -0.39 is 0 Å². The molecule has 1 aromatic rings. The van der Waals surface area contributed by atoms with Crippen molar-refractivity contribution in [3.05, 3.63) is 36.4 Å². The van der Waals surface area contributed by atoms with Crippen LogP contribution in [0.1, 0.15) is 26.7 Å². The molecule has 22 heavy (non-hydrogen) atoms. The summed E-state index contributed by atoms with van der Waals surface area (Å²) in [7, 11) is 0. The van der Waals surface area contributed by atoms with Crippen molar-refractivity contribution in [1.82, 2.24) is 4.90 Å². The van der Waals surface area contributed by atoms with Crippen molar-refractivity contribution < 1.29 is 14.3 Å². The average Bonchev–Trinajstić information content (AvgIpc) is 3.02. The molecule has 5 nitrogen and oxygen atoms in total. The molecule has 0 spiro atoms. The predicted octanol–water partition coefficient (Wildman–Crippen LogP) is 2.59. The first-order valence-electron chi connectivity index (χ1n) is 7.62. The Morgan fingerprint density at radius 1 is 1.27 bits per heavy atom. The number of carbonyl (C=O) groups excluding carboxylic acids is 2. The van der Waals surface area contributed by atoms with E-state index in [9.17, 15) is 9.59 Å². The average molecular weight is 302 g/mol. The minimum Gasteiger partial charge on any atom is -0.484 e. The number of anilines is 1. The highest BCUT2D eigenvalue weighted by Gasteiger charge is 2.23. The van der Waals surface area contributed by atoms with Gasteiger partial charge in [-0.25, -0.2) is 0 Å². The zero-order valence-electron chi connectivity index (χ0n) is 13.0. The molecule has 1 aliphatic heterocycles. The summed E-state index contributed by atoms with van der Waals surface area (Å²) < 4.78 is 5.53. The van der Waals surface area contributed by atoms with E-state index in [1.54, 1.807) is 31.2 Å². The van der Waals surface area contributed by atoms with Gasteiger partial charge >= 0.3 is 0 Å². The van der Waals surface area contributed by atoms with Gasteiger partial charge in [0.25, 0.3) is 5.91 Å². The number of hydrogen-bond acceptors (Lipinski definition) is 3. The fourth-order valence-electron chi connectivity index (χ4n) is 2.33. The third kappa shape index (κ3) is 4.10. The van der Waals surface area contributed by atoms with E-state index in [1.165, 1.54) is 0 Å². The Morgan fingerprint density at radius 3 is 2.64 bits per heavy atom. The predicted molar refractivity (Wildman–Crippen MR) is 85.8 cm³/mol. The second-order valence-corrected chi connectivity index (χ2v) is 5.16. The lowest BCUT2D eigenvalue weighted by atomic mass is 10.2. The standard InChI is InChI=1S/C17H22N2O3/c1-3-14-6-5-11-19(14)17(21)12-22-15-9-7-13(8-10-15)18-16(20)4-2/h5-10,14H,3-4,11-12H2,1-2H3,(H,18,20)/t14-/m0/s1. The van der Waals surface area contributed by atoms with Crippen LogP contribution < -0.4 is 10.1 Å². The lowest BCUT2D eigenvalue weighted by Crippen LogP contribution is -2.38. The van der Waals surface area contributed by atoms with Crippen LogP contribution in [0.5, 0.6) is 5.75 Å². The van der Waals surface area contributed by atoms with E-state index in [0.717, 1.165) is 12.1 Å². The lowest BCUT2D eigenvalue weighted by Gasteiger charge is -2.23. The van der Waals surface area contributed by atoms with Gasteiger partial charge in [0.15, 0.2) is 6.61 Å². The highest BCUT2D eigenvalue weighted by atomic mass is 16.5. The minimum atomic E-state index is -0.0315. The van der Waals surface area contributed by atoms with Crippen molar-refractivity contribution >= 4 is 17.5 Å². The number of benzene rings is 1. The number of nitrogens with one attached hydrogen (secondary N) is 1. The third-order valence-electron chi connectivity index (χ3n) is 3.62. The van der Waals surface area contributed by atoms with E-state index >= 15 is 0 Å². The first kappa shape index (κ1) is 16.1. The number of ether oxygens (including phenoxy) is 1. The van der Waals surface area contributed by atoms with Crippen molar-refractivity contribution in [2.45, 2.75) is 32.7 Å². The molecule has 2 amide bonds. The molecule has 5 heteroatoms. The van der Waals surface area contributed by atoms with Gasteiger partial charge in [0.05, 0.1) is 6.04 Å². The highest BCUT2D eigenvalue weighted by Crippen LogP contribution is 2.17. The molecule has 1 aliphatic rings. The fraction of sp³-hybridized carbons (Fsp3) is 0.412. The quantitative estimate of drug-likeness (QED) is 0.822. The molecule has 1 aromatic carbocycles. The van der Waals surface area contributed by atoms with Crippen LogP contribution in [0.4, 0.5) is 5.69 Å². The van der Waals surface area contributed by atoms with Crippen molar-refractivity contribution in [1.29, 1.82) is 0 Å². The summed E-state index contributed by atoms with van der Waals surface area (Å²) in [6.45, 7) is 4.54. The van der Waals surface area contributed by atoms with Gasteiger partial charge in [0, 0.05) is 18.7 Å². The zero-order valence-corrected chi connectivity index (χ0v) is 13.0. The summed E-state index contributed by atoms with van der Waals surface area (Å²) in [5, 5.41) is 2.76. The van der Waals surface area contributed by atoms with Crippen LogP contribution in [0.25, 0.3) is 0 Å². The van der Waals surface area contributed by atoms with Gasteiger partial charge in [-0.3, -0.25) is 9.59 Å². The Labute approximate surface area is 130 Å². The van der Waals surface area contributed by atoms with E-state index in [0.29, 0.717) is 18.7 Å². The third-order valence-corrected chi connectivity index (χ3v) is 3.62. The van der Waals surface area contributed by atoms with Crippen LogP contribution in [-0.4, -0.2) is 35.9 Å². The van der Waals surface area contributed by atoms with Gasteiger partial charge < -0.3 is 15.0 Å². The number of amides is 2. The van der Waals surface area contributed by atoms with Crippen LogP contribution >= 0.6 is 0 Å². The topological polar surface area (TPSA) is 58.6 Å². The molecule has 1 N–H and O–H groups in total. The van der Waals surface area contributed by atoms with Gasteiger partial charge in [0.2, 0.25) is 5.91 Å². The smallest absolute Gasteiger partial charge is 0.261 e. The zero-order chi connectivity index (χ0) is 15.9. The largest absolute Gasteiger partial charge is 0.484 e. The van der Waals surface area contributed by atoms with Crippen LogP contribution in [0.2, 0.25) is 0 Å². The minimum absolute atomic E-state index is 0.0137. The normalized spacial score (nSPS) is 16.6. The lowest BCUT2D eigenvalue weighted by molar-refractivity contribution is -0.133. The maximum atomic E-state index is 12.1. The SMILES string of the molecule is CCC(=O)Nc1ccc(OCC(=O)N2CC=C[C@@H]2CC)cc1. The van der Waals surface area contributed by atoms with Crippen LogP contribution in [0.15, 0.2) is 36.4 Å². The fourth-order valence-corrected chi connectivity index (χ4v) is 2.33. The molecule has 1 atom stereocenters. The number of hydrogen-bond donors (Lipinski definition) is 1. The van der Waals surface area contributed by atoms with Crippen molar-refractivity contribution in [2.24, 2.45) is 0 Å². The van der Waals surface area contributed by atoms with Crippen LogP contribution in [-0.2, 0) is 9.59 Å². The molecular weight excluding hydrogens is 280 g/mol. The van der Waals surface area contributed by atoms with Crippen LogP contribution in [0.3, 0.4) is 0 Å². The monoisotopic (exact) mass is 302 g/mol. The Bertz CT molecular complexity index is 552. The van der Waals surface area contributed by atoms with Gasteiger partial charge in [-0.15, -0.1) is 0 Å². The molecule has 0 saturated heterocycles. The summed E-state index contributed by atoms with van der Waals surface area (Å²) in [6, 6.07) is 7.21. The van der Waals surface area contributed by atoms with Crippen molar-refractivity contribution in [3.8, 4) is 5.75 Å². The number of nitrogens with zero attached hydrogens (tertiary/aromatic N) is 1. The summed E-state index contributed by atoms with van der Waals surface area (Å²) in [6.07, 6.45) is 5.42. The van der Waals surface area contributed by atoms with E-state index in [-0.39, 0.29) is 24.5 Å². The van der Waals surface area contributed by atoms with E-state index in [4.69, 9.17) is 4.74 Å². The first-order chi connectivity index (χ1) is 10.6. The Hall–Kier alpha value is -2.30. The maximum Gasteiger partial charge on any atom is 0.261 e. The Kier molecular flexibility index (Phi) is 5.58. The first-order valence-corrected chi connectivity index (χ1v) is 7.62. The second-order valence-electron chi connectivity index (χ2n) is 5.16. The molecular formula is C17H22N2O3. The molecule has 0 aromatic heterocycles. The molecule has 118 valence electrons. The molecule has 0 bridgehead atoms. The van der Waals surface area contributed by atoms with Gasteiger partial charge in [-0.1, -0.05) is 26.0 Å². The molecule has 0 saturated carbocycles. The molecule has 1 heterocycles. The Morgan fingerprint density at radius 2 is 2.00 bits per heavy atom. The van der Waals surface area contributed by atoms with Gasteiger partial charge in [-0.2, -0.15) is 0 Å². The second kappa shape index (κ2) is 7.64. The molecule has 0 fully saturated rings. The molecule has 0 radical (unpaired) electrons. The maximum absolute atomic E-state index is 12.1. The molecule has 2 rings (SSSR count). The van der Waals surface area contributed by atoms with Gasteiger partial charge in [0.1, 0.15) is 5.75 Å². The number of rotatable bonds is 6. The number of carbonyl (C=O) groups is 2. The van der Waals surface area contributed by atoms with Crippen LogP contribution in [0, 0.1) is 0 Å². The summed E-state index contributed by atoms with van der Waals surface area (Å²) >= 11 is 0. The highest BCUT2D eigenvalue weighted by molar-refractivity contribution is 5.90. The Balaban J connectivity index is 1.84. The van der Waals surface area contributed by atoms with Crippen molar-refractivity contribution in [3.63, 3.8) is 0 Å².